The molecular formula is C27H34N4O5. The van der Waals surface area contributed by atoms with Crippen molar-refractivity contribution in [3.8, 4) is 5.75 Å². The Kier molecular flexibility index (Phi) is 9.05. The number of hydrogen-bond acceptors (Lipinski definition) is 6. The summed E-state index contributed by atoms with van der Waals surface area (Å²) in [6.07, 6.45) is 2.05. The van der Waals surface area contributed by atoms with Gasteiger partial charge in [0.2, 0.25) is 5.62 Å². The summed E-state index contributed by atoms with van der Waals surface area (Å²) in [6.45, 7) is 7.69. The van der Waals surface area contributed by atoms with Gasteiger partial charge in [-0.2, -0.15) is 0 Å². The highest BCUT2D eigenvalue weighted by Gasteiger charge is 2.18. The number of hydrogen-bond donors (Lipinski definition) is 1. The number of aryl methyl sites for hydroxylation is 1. The monoisotopic (exact) mass is 494 g/mol. The van der Waals surface area contributed by atoms with Crippen LogP contribution < -0.4 is 21.7 Å². The molecule has 9 heteroatoms. The summed E-state index contributed by atoms with van der Waals surface area (Å²) in [5, 5.41) is 0. The molecule has 1 atom stereocenters. The number of carbonyl (C=O) groups is 1. The van der Waals surface area contributed by atoms with E-state index in [0.717, 1.165) is 23.0 Å². The molecule has 3 rings (SSSR count). The SMILES string of the molecule is CCCc1ccc(Cn2c(=O)n(C[C@H](C)C(=O)OC)c(=O)[nH]/c2=N\c2ccc(OC(C)C)cc2)cc1. The Morgan fingerprint density at radius 3 is 2.19 bits per heavy atom. The number of rotatable bonds is 10. The fourth-order valence-electron chi connectivity index (χ4n) is 3.77. The second kappa shape index (κ2) is 12.2. The van der Waals surface area contributed by atoms with Gasteiger partial charge in [-0.25, -0.2) is 19.1 Å². The Hall–Kier alpha value is -3.88. The third-order valence-electron chi connectivity index (χ3n) is 5.59. The molecule has 0 aliphatic rings. The van der Waals surface area contributed by atoms with E-state index >= 15 is 0 Å². The maximum Gasteiger partial charge on any atom is 0.335 e. The van der Waals surface area contributed by atoms with E-state index in [9.17, 15) is 14.4 Å². The van der Waals surface area contributed by atoms with Crippen LogP contribution in [0, 0.1) is 5.92 Å². The Morgan fingerprint density at radius 1 is 0.972 bits per heavy atom. The largest absolute Gasteiger partial charge is 0.491 e. The summed E-state index contributed by atoms with van der Waals surface area (Å²) in [4.78, 5) is 45.5. The number of nitrogens with one attached hydrogen (secondary N) is 1. The number of methoxy groups -OCH3 is 1. The van der Waals surface area contributed by atoms with E-state index in [1.807, 2.05) is 38.1 Å². The van der Waals surface area contributed by atoms with Gasteiger partial charge in [0, 0.05) is 6.54 Å². The van der Waals surface area contributed by atoms with Gasteiger partial charge in [0.15, 0.2) is 0 Å². The van der Waals surface area contributed by atoms with Gasteiger partial charge in [-0.05, 0) is 55.7 Å². The van der Waals surface area contributed by atoms with Gasteiger partial charge in [-0.3, -0.25) is 14.3 Å². The van der Waals surface area contributed by atoms with Gasteiger partial charge in [0.1, 0.15) is 5.75 Å². The predicted molar refractivity (Wildman–Crippen MR) is 137 cm³/mol. The van der Waals surface area contributed by atoms with Crippen molar-refractivity contribution in [1.29, 1.82) is 0 Å². The molecule has 0 bridgehead atoms. The number of carbonyl (C=O) groups excluding carboxylic acids is 1. The Balaban J connectivity index is 2.08. The Labute approximate surface area is 210 Å². The van der Waals surface area contributed by atoms with E-state index in [2.05, 4.69) is 16.9 Å². The van der Waals surface area contributed by atoms with Gasteiger partial charge < -0.3 is 9.47 Å². The molecule has 0 saturated carbocycles. The number of ether oxygens (including phenoxy) is 2. The number of aromatic nitrogens is 3. The van der Waals surface area contributed by atoms with Crippen molar-refractivity contribution >= 4 is 11.7 Å². The standard InChI is InChI=1S/C27H34N4O5/c1-6-7-20-8-10-21(11-9-20)17-30-25(28-22-12-14-23(15-13-22)36-18(2)3)29-26(33)31(27(30)34)16-19(4)24(32)35-5/h8-15,18-19H,6-7,16-17H2,1-5H3,(H,28,29,33)/t19-/m0/s1. The molecule has 0 unspecified atom stereocenters. The minimum absolute atomic E-state index is 0.0370. The molecule has 1 N–H and O–H groups in total. The lowest BCUT2D eigenvalue weighted by Gasteiger charge is -2.14. The van der Waals surface area contributed by atoms with Crippen LogP contribution in [-0.4, -0.2) is 33.3 Å². The lowest BCUT2D eigenvalue weighted by molar-refractivity contribution is -0.145. The maximum absolute atomic E-state index is 13.5. The molecule has 0 aliphatic carbocycles. The maximum atomic E-state index is 13.5. The predicted octanol–water partition coefficient (Wildman–Crippen LogP) is 3.17. The highest BCUT2D eigenvalue weighted by atomic mass is 16.5. The Morgan fingerprint density at radius 2 is 1.61 bits per heavy atom. The highest BCUT2D eigenvalue weighted by Crippen LogP contribution is 2.18. The number of aromatic amines is 1. The second-order valence-electron chi connectivity index (χ2n) is 9.00. The van der Waals surface area contributed by atoms with E-state index in [-0.39, 0.29) is 24.8 Å². The zero-order valence-corrected chi connectivity index (χ0v) is 21.5. The van der Waals surface area contributed by atoms with Crippen molar-refractivity contribution in [3.63, 3.8) is 0 Å². The molecule has 9 nitrogen and oxygen atoms in total. The fourth-order valence-corrected chi connectivity index (χ4v) is 3.77. The first-order chi connectivity index (χ1) is 17.2. The molecule has 2 aromatic carbocycles. The van der Waals surface area contributed by atoms with E-state index in [4.69, 9.17) is 9.47 Å². The van der Waals surface area contributed by atoms with Gasteiger partial charge in [0.25, 0.3) is 0 Å². The van der Waals surface area contributed by atoms with Crippen molar-refractivity contribution in [3.05, 3.63) is 86.2 Å². The smallest absolute Gasteiger partial charge is 0.335 e. The fraction of sp³-hybridized carbons (Fsp3) is 0.407. The molecule has 1 heterocycles. The molecule has 0 spiro atoms. The molecule has 0 amide bonds. The van der Waals surface area contributed by atoms with Crippen LogP contribution in [0.2, 0.25) is 0 Å². The third-order valence-corrected chi connectivity index (χ3v) is 5.59. The number of H-pyrrole nitrogens is 1. The number of esters is 1. The minimum atomic E-state index is -0.674. The van der Waals surface area contributed by atoms with Crippen molar-refractivity contribution < 1.29 is 14.3 Å². The first-order valence-corrected chi connectivity index (χ1v) is 12.1. The number of benzene rings is 2. The summed E-state index contributed by atoms with van der Waals surface area (Å²) < 4.78 is 12.8. The van der Waals surface area contributed by atoms with Crippen LogP contribution in [0.5, 0.6) is 5.75 Å². The topological polar surface area (TPSA) is 108 Å². The van der Waals surface area contributed by atoms with Crippen LogP contribution in [0.3, 0.4) is 0 Å². The molecule has 0 saturated heterocycles. The normalized spacial score (nSPS) is 12.6. The highest BCUT2D eigenvalue weighted by molar-refractivity contribution is 5.71. The molecule has 0 aliphatic heterocycles. The summed E-state index contributed by atoms with van der Waals surface area (Å²) in [7, 11) is 1.27. The Bertz CT molecular complexity index is 1350. The third kappa shape index (κ3) is 6.84. The van der Waals surface area contributed by atoms with E-state index in [1.54, 1.807) is 31.2 Å². The average molecular weight is 495 g/mol. The van der Waals surface area contributed by atoms with Crippen LogP contribution >= 0.6 is 0 Å². The van der Waals surface area contributed by atoms with Crippen molar-refractivity contribution in [2.24, 2.45) is 10.9 Å². The molecule has 0 fully saturated rings. The lowest BCUT2D eigenvalue weighted by Crippen LogP contribution is -2.51. The first-order valence-electron chi connectivity index (χ1n) is 12.1. The van der Waals surface area contributed by atoms with E-state index < -0.39 is 23.3 Å². The van der Waals surface area contributed by atoms with Crippen LogP contribution in [0.1, 0.15) is 45.2 Å². The van der Waals surface area contributed by atoms with Crippen LogP contribution in [-0.2, 0) is 29.0 Å². The van der Waals surface area contributed by atoms with E-state index in [1.165, 1.54) is 17.2 Å². The summed E-state index contributed by atoms with van der Waals surface area (Å²) in [5.41, 5.74) is 1.55. The second-order valence-corrected chi connectivity index (χ2v) is 9.00. The lowest BCUT2D eigenvalue weighted by atomic mass is 10.1. The molecular weight excluding hydrogens is 460 g/mol. The zero-order chi connectivity index (χ0) is 26.2. The average Bonchev–Trinajstić information content (AvgIpc) is 2.85. The summed E-state index contributed by atoms with van der Waals surface area (Å²) >= 11 is 0. The molecule has 3 aromatic rings. The quantitative estimate of drug-likeness (QED) is 0.436. The summed E-state index contributed by atoms with van der Waals surface area (Å²) in [6, 6.07) is 15.1. The van der Waals surface area contributed by atoms with Gasteiger partial charge >= 0.3 is 17.3 Å². The van der Waals surface area contributed by atoms with Crippen LogP contribution in [0.4, 0.5) is 5.69 Å². The van der Waals surface area contributed by atoms with Gasteiger partial charge in [-0.1, -0.05) is 44.5 Å². The summed E-state index contributed by atoms with van der Waals surface area (Å²) in [5.74, 6) is -0.478. The zero-order valence-electron chi connectivity index (χ0n) is 21.5. The first kappa shape index (κ1) is 26.7. The minimum Gasteiger partial charge on any atom is -0.491 e. The molecule has 0 radical (unpaired) electrons. The molecule has 1 aromatic heterocycles. The molecule has 192 valence electrons. The van der Waals surface area contributed by atoms with Crippen LogP contribution in [0.15, 0.2) is 63.1 Å². The van der Waals surface area contributed by atoms with Crippen molar-refractivity contribution in [2.45, 2.75) is 59.7 Å². The van der Waals surface area contributed by atoms with E-state index in [0.29, 0.717) is 11.4 Å². The molecule has 36 heavy (non-hydrogen) atoms. The van der Waals surface area contributed by atoms with Crippen LogP contribution in [0.25, 0.3) is 0 Å². The van der Waals surface area contributed by atoms with Gasteiger partial charge in [0.05, 0.1) is 31.4 Å². The van der Waals surface area contributed by atoms with Gasteiger partial charge in [-0.15, -0.1) is 0 Å². The van der Waals surface area contributed by atoms with Crippen molar-refractivity contribution in [1.82, 2.24) is 14.1 Å². The number of nitrogens with zero attached hydrogens (tertiary/aromatic N) is 3. The van der Waals surface area contributed by atoms with Crippen molar-refractivity contribution in [2.75, 3.05) is 7.11 Å².